The van der Waals surface area contributed by atoms with Gasteiger partial charge in [0, 0.05) is 19.1 Å². The summed E-state index contributed by atoms with van der Waals surface area (Å²) in [4.78, 5) is 28.2. The first kappa shape index (κ1) is 21.0. The van der Waals surface area contributed by atoms with Gasteiger partial charge in [-0.25, -0.2) is 9.59 Å². The molecule has 1 aromatic rings. The van der Waals surface area contributed by atoms with Crippen molar-refractivity contribution in [2.75, 3.05) is 27.2 Å². The van der Waals surface area contributed by atoms with Crippen LogP contribution in [0.15, 0.2) is 30.3 Å². The smallest absolute Gasteiger partial charge is 0.410 e. The van der Waals surface area contributed by atoms with Crippen molar-refractivity contribution in [2.24, 2.45) is 0 Å². The van der Waals surface area contributed by atoms with E-state index in [1.54, 1.807) is 4.90 Å². The normalized spacial score (nSPS) is 20.3. The molecule has 1 fully saturated rings. The number of rotatable bonds is 4. The molecule has 2 atom stereocenters. The van der Waals surface area contributed by atoms with Gasteiger partial charge in [-0.3, -0.25) is 0 Å². The van der Waals surface area contributed by atoms with Gasteiger partial charge in [-0.2, -0.15) is 0 Å². The quantitative estimate of drug-likeness (QED) is 0.874. The molecular formula is C20H31N3O4. The monoisotopic (exact) mass is 377 g/mol. The Morgan fingerprint density at radius 2 is 1.89 bits per heavy atom. The third-order valence-corrected chi connectivity index (χ3v) is 4.41. The molecule has 0 saturated carbocycles. The van der Waals surface area contributed by atoms with E-state index in [2.05, 4.69) is 5.32 Å². The Morgan fingerprint density at radius 3 is 2.48 bits per heavy atom. The van der Waals surface area contributed by atoms with Crippen LogP contribution in [0.25, 0.3) is 0 Å². The average Bonchev–Trinajstić information content (AvgIpc) is 2.59. The van der Waals surface area contributed by atoms with E-state index in [-0.39, 0.29) is 24.8 Å². The zero-order valence-corrected chi connectivity index (χ0v) is 16.9. The largest absolute Gasteiger partial charge is 0.445 e. The van der Waals surface area contributed by atoms with Crippen LogP contribution < -0.4 is 5.32 Å². The van der Waals surface area contributed by atoms with E-state index < -0.39 is 11.7 Å². The SMILES string of the molecule is CN(C)C1CN(C(=O)OCc2ccccc2)CCC1NC(=O)OC(C)(C)C. The van der Waals surface area contributed by atoms with Gasteiger partial charge in [0.2, 0.25) is 0 Å². The summed E-state index contributed by atoms with van der Waals surface area (Å²) in [5.74, 6) is 0. The van der Waals surface area contributed by atoms with Crippen molar-refractivity contribution in [3.63, 3.8) is 0 Å². The van der Waals surface area contributed by atoms with Gasteiger partial charge in [-0.05, 0) is 46.9 Å². The van der Waals surface area contributed by atoms with Crippen LogP contribution in [-0.4, -0.2) is 66.9 Å². The zero-order chi connectivity index (χ0) is 20.0. The predicted molar refractivity (Wildman–Crippen MR) is 103 cm³/mol. The highest BCUT2D eigenvalue weighted by Crippen LogP contribution is 2.17. The van der Waals surface area contributed by atoms with Crippen LogP contribution in [0.3, 0.4) is 0 Å². The highest BCUT2D eigenvalue weighted by molar-refractivity contribution is 5.69. The van der Waals surface area contributed by atoms with E-state index in [0.29, 0.717) is 19.5 Å². The van der Waals surface area contributed by atoms with Crippen LogP contribution in [0, 0.1) is 0 Å². The minimum atomic E-state index is -0.542. The molecule has 7 nitrogen and oxygen atoms in total. The fraction of sp³-hybridized carbons (Fsp3) is 0.600. The third-order valence-electron chi connectivity index (χ3n) is 4.41. The van der Waals surface area contributed by atoms with Crippen molar-refractivity contribution in [3.8, 4) is 0 Å². The third kappa shape index (κ3) is 6.75. The van der Waals surface area contributed by atoms with E-state index in [1.165, 1.54) is 0 Å². The number of carbonyl (C=O) groups is 2. The maximum absolute atomic E-state index is 12.4. The van der Waals surface area contributed by atoms with E-state index in [1.807, 2.05) is 70.1 Å². The van der Waals surface area contributed by atoms with Gasteiger partial charge in [0.15, 0.2) is 0 Å². The molecule has 2 unspecified atom stereocenters. The first-order valence-electron chi connectivity index (χ1n) is 9.27. The summed E-state index contributed by atoms with van der Waals surface area (Å²) in [5.41, 5.74) is 0.413. The minimum absolute atomic E-state index is 0.0180. The number of hydrogen-bond acceptors (Lipinski definition) is 5. The van der Waals surface area contributed by atoms with Crippen LogP contribution in [-0.2, 0) is 16.1 Å². The standard InChI is InChI=1S/C20H31N3O4/c1-20(2,3)27-18(24)21-16-11-12-23(13-17(16)22(4)5)19(25)26-14-15-9-7-6-8-10-15/h6-10,16-17H,11-14H2,1-5H3,(H,21,24). The summed E-state index contributed by atoms with van der Waals surface area (Å²) in [6, 6.07) is 9.50. The van der Waals surface area contributed by atoms with Crippen LogP contribution in [0.4, 0.5) is 9.59 Å². The summed E-state index contributed by atoms with van der Waals surface area (Å²) in [6.07, 6.45) is -0.122. The Bertz CT molecular complexity index is 628. The van der Waals surface area contributed by atoms with Crippen molar-refractivity contribution >= 4 is 12.2 Å². The summed E-state index contributed by atoms with van der Waals surface area (Å²) in [6.45, 7) is 6.77. The lowest BCUT2D eigenvalue weighted by Crippen LogP contribution is -2.60. The number of piperidine rings is 1. The Hall–Kier alpha value is -2.28. The molecule has 2 amide bonds. The number of nitrogens with one attached hydrogen (secondary N) is 1. The van der Waals surface area contributed by atoms with Gasteiger partial charge < -0.3 is 24.6 Å². The number of amides is 2. The maximum Gasteiger partial charge on any atom is 0.410 e. The molecule has 1 aliphatic heterocycles. The summed E-state index contributed by atoms with van der Waals surface area (Å²) < 4.78 is 10.8. The van der Waals surface area contributed by atoms with Crippen molar-refractivity contribution in [1.82, 2.24) is 15.1 Å². The van der Waals surface area contributed by atoms with Gasteiger partial charge >= 0.3 is 12.2 Å². The van der Waals surface area contributed by atoms with Crippen molar-refractivity contribution in [1.29, 1.82) is 0 Å². The van der Waals surface area contributed by atoms with E-state index in [9.17, 15) is 9.59 Å². The van der Waals surface area contributed by atoms with Gasteiger partial charge in [-0.1, -0.05) is 30.3 Å². The Morgan fingerprint density at radius 1 is 1.22 bits per heavy atom. The number of likely N-dealkylation sites (N-methyl/N-ethyl adjacent to an activating group) is 1. The minimum Gasteiger partial charge on any atom is -0.445 e. The average molecular weight is 377 g/mol. The molecule has 7 heteroatoms. The van der Waals surface area contributed by atoms with Gasteiger partial charge in [0.25, 0.3) is 0 Å². The second kappa shape index (κ2) is 9.08. The molecule has 1 aromatic carbocycles. The number of benzene rings is 1. The lowest BCUT2D eigenvalue weighted by molar-refractivity contribution is 0.0366. The fourth-order valence-electron chi connectivity index (χ4n) is 3.06. The predicted octanol–water partition coefficient (Wildman–Crippen LogP) is 2.85. The van der Waals surface area contributed by atoms with E-state index in [4.69, 9.17) is 9.47 Å². The Balaban J connectivity index is 1.90. The number of hydrogen-bond donors (Lipinski definition) is 1. The van der Waals surface area contributed by atoms with Crippen molar-refractivity contribution < 1.29 is 19.1 Å². The number of carbonyl (C=O) groups excluding carboxylic acids is 2. The molecule has 0 spiro atoms. The highest BCUT2D eigenvalue weighted by Gasteiger charge is 2.35. The molecule has 1 saturated heterocycles. The van der Waals surface area contributed by atoms with Crippen LogP contribution in [0.1, 0.15) is 32.8 Å². The summed E-state index contributed by atoms with van der Waals surface area (Å²) >= 11 is 0. The lowest BCUT2D eigenvalue weighted by atomic mass is 9.99. The molecule has 0 aliphatic carbocycles. The Labute approximate surface area is 161 Å². The molecule has 0 radical (unpaired) electrons. The van der Waals surface area contributed by atoms with Gasteiger partial charge in [-0.15, -0.1) is 0 Å². The van der Waals surface area contributed by atoms with Crippen LogP contribution >= 0.6 is 0 Å². The topological polar surface area (TPSA) is 71.1 Å². The molecule has 1 aliphatic rings. The number of nitrogens with zero attached hydrogens (tertiary/aromatic N) is 2. The zero-order valence-electron chi connectivity index (χ0n) is 16.9. The number of ether oxygens (including phenoxy) is 2. The lowest BCUT2D eigenvalue weighted by Gasteiger charge is -2.41. The van der Waals surface area contributed by atoms with E-state index in [0.717, 1.165) is 5.56 Å². The summed E-state index contributed by atoms with van der Waals surface area (Å²) in [5, 5.41) is 2.94. The highest BCUT2D eigenvalue weighted by atomic mass is 16.6. The van der Waals surface area contributed by atoms with Crippen molar-refractivity contribution in [3.05, 3.63) is 35.9 Å². The fourth-order valence-corrected chi connectivity index (χ4v) is 3.06. The van der Waals surface area contributed by atoms with Crippen LogP contribution in [0.2, 0.25) is 0 Å². The molecule has 2 rings (SSSR count). The second-order valence-corrected chi connectivity index (χ2v) is 8.06. The van der Waals surface area contributed by atoms with Gasteiger partial charge in [0.05, 0.1) is 6.04 Å². The maximum atomic E-state index is 12.4. The van der Waals surface area contributed by atoms with Gasteiger partial charge in [0.1, 0.15) is 12.2 Å². The van der Waals surface area contributed by atoms with Crippen LogP contribution in [0.5, 0.6) is 0 Å². The molecule has 0 bridgehead atoms. The molecule has 1 N–H and O–H groups in total. The Kier molecular flexibility index (Phi) is 7.07. The first-order chi connectivity index (χ1) is 12.7. The molecule has 1 heterocycles. The molecule has 0 aromatic heterocycles. The molecular weight excluding hydrogens is 346 g/mol. The second-order valence-electron chi connectivity index (χ2n) is 8.06. The number of alkyl carbamates (subject to hydrolysis) is 1. The number of likely N-dealkylation sites (tertiary alicyclic amines) is 1. The summed E-state index contributed by atoms with van der Waals surface area (Å²) in [7, 11) is 3.88. The molecule has 27 heavy (non-hydrogen) atoms. The first-order valence-corrected chi connectivity index (χ1v) is 9.27. The van der Waals surface area contributed by atoms with Crippen molar-refractivity contribution in [2.45, 2.75) is 51.5 Å². The molecule has 150 valence electrons. The van der Waals surface area contributed by atoms with E-state index >= 15 is 0 Å².